The summed E-state index contributed by atoms with van der Waals surface area (Å²) in [5, 5.41) is 7.56. The number of likely N-dealkylation sites (N-methyl/N-ethyl adjacent to an activating group) is 1. The van der Waals surface area contributed by atoms with Crippen molar-refractivity contribution >= 4 is 57.5 Å². The topological polar surface area (TPSA) is 78.6 Å². The molecular formula is C35H43F2N9S. The Labute approximate surface area is 279 Å². The molecule has 0 unspecified atom stereocenters. The van der Waals surface area contributed by atoms with Gasteiger partial charge in [-0.05, 0) is 68.6 Å². The van der Waals surface area contributed by atoms with E-state index in [1.807, 2.05) is 30.7 Å². The van der Waals surface area contributed by atoms with Gasteiger partial charge in [0.15, 0.2) is 0 Å². The number of fused-ring (bicyclic) bond motifs is 3. The van der Waals surface area contributed by atoms with Crippen LogP contribution in [-0.2, 0) is 5.41 Å². The zero-order valence-electron chi connectivity index (χ0n) is 27.2. The Kier molecular flexibility index (Phi) is 8.13. The fraction of sp³-hybridized carbons (Fsp3) is 0.486. The molecule has 4 aromatic rings. The first-order valence-corrected chi connectivity index (χ1v) is 18.2. The van der Waals surface area contributed by atoms with Crippen molar-refractivity contribution in [2.75, 3.05) is 78.5 Å². The third-order valence-corrected chi connectivity index (χ3v) is 11.7. The Morgan fingerprint density at radius 2 is 1.77 bits per heavy atom. The first-order chi connectivity index (χ1) is 22.9. The van der Waals surface area contributed by atoms with E-state index in [1.165, 1.54) is 6.07 Å². The van der Waals surface area contributed by atoms with Crippen LogP contribution in [0.1, 0.15) is 44.6 Å². The first-order valence-electron chi connectivity index (χ1n) is 17.0. The molecule has 1 spiro atoms. The van der Waals surface area contributed by atoms with Crippen molar-refractivity contribution < 1.29 is 8.78 Å². The van der Waals surface area contributed by atoms with Crippen molar-refractivity contribution in [2.45, 2.75) is 50.5 Å². The van der Waals surface area contributed by atoms with Crippen molar-refractivity contribution in [3.8, 4) is 0 Å². The number of hydrogen-bond donors (Lipinski definition) is 3. The van der Waals surface area contributed by atoms with Crippen LogP contribution < -0.4 is 19.8 Å². The van der Waals surface area contributed by atoms with Crippen LogP contribution in [0, 0.1) is 11.6 Å². The second kappa shape index (κ2) is 12.4. The standard InChI is InChI=1S/C35H43F2N9S/c1-3-43-17-19-44(20-18-43)24-10-15-45(16-11-24)29-8-5-23(21-27(29)37)39-34-41-32-25(9-14-38-32)33(42-34)40-28-7-6-26(36)30-31(28)46(47-2)22-35(30)12-4-13-35/h5-9,14,21,24H,3-4,10-13,15-20,22H2,1-2H3,(H3,38,39,40,41,42). The molecule has 47 heavy (non-hydrogen) atoms. The molecule has 9 nitrogen and oxygen atoms in total. The summed E-state index contributed by atoms with van der Waals surface area (Å²) in [5.74, 6) is 0.543. The molecule has 0 bridgehead atoms. The van der Waals surface area contributed by atoms with Gasteiger partial charge in [0, 0.05) is 81.0 Å². The molecule has 12 heteroatoms. The van der Waals surface area contributed by atoms with Crippen molar-refractivity contribution in [3.05, 3.63) is 59.8 Å². The summed E-state index contributed by atoms with van der Waals surface area (Å²) in [6.07, 6.45) is 9.10. The van der Waals surface area contributed by atoms with Gasteiger partial charge in [-0.15, -0.1) is 0 Å². The Morgan fingerprint density at radius 1 is 0.957 bits per heavy atom. The second-order valence-electron chi connectivity index (χ2n) is 13.4. The smallest absolute Gasteiger partial charge is 0.231 e. The molecule has 1 saturated carbocycles. The maximum absolute atomic E-state index is 15.6. The molecular weight excluding hydrogens is 617 g/mol. The van der Waals surface area contributed by atoms with Gasteiger partial charge < -0.3 is 29.7 Å². The maximum Gasteiger partial charge on any atom is 0.231 e. The normalized spacial score (nSPS) is 20.2. The second-order valence-corrected chi connectivity index (χ2v) is 14.2. The van der Waals surface area contributed by atoms with E-state index in [2.05, 4.69) is 46.5 Å². The van der Waals surface area contributed by atoms with Crippen LogP contribution in [0.25, 0.3) is 11.0 Å². The molecule has 0 radical (unpaired) electrons. The molecule has 0 atom stereocenters. The number of aromatic nitrogens is 3. The number of nitrogens with one attached hydrogen (secondary N) is 3. The highest BCUT2D eigenvalue weighted by atomic mass is 32.2. The molecule has 0 amide bonds. The highest BCUT2D eigenvalue weighted by Gasteiger charge is 2.50. The molecule has 248 valence electrons. The number of hydrogen-bond acceptors (Lipinski definition) is 9. The van der Waals surface area contributed by atoms with Crippen LogP contribution in [0.15, 0.2) is 42.6 Å². The number of anilines is 6. The molecule has 3 N–H and O–H groups in total. The lowest BCUT2D eigenvalue weighted by molar-refractivity contribution is 0.0878. The number of H-pyrrole nitrogens is 1. The average molecular weight is 660 g/mol. The predicted molar refractivity (Wildman–Crippen MR) is 189 cm³/mol. The predicted octanol–water partition coefficient (Wildman–Crippen LogP) is 6.85. The number of nitrogens with zero attached hydrogens (tertiary/aromatic N) is 6. The van der Waals surface area contributed by atoms with Crippen molar-refractivity contribution in [3.63, 3.8) is 0 Å². The molecule has 3 fully saturated rings. The van der Waals surface area contributed by atoms with E-state index in [0.29, 0.717) is 34.8 Å². The van der Waals surface area contributed by atoms with Gasteiger partial charge in [0.05, 0.1) is 22.4 Å². The summed E-state index contributed by atoms with van der Waals surface area (Å²) in [6.45, 7) is 10.4. The van der Waals surface area contributed by atoms with Gasteiger partial charge in [-0.25, -0.2) is 8.78 Å². The van der Waals surface area contributed by atoms with E-state index in [-0.39, 0.29) is 17.0 Å². The third-order valence-electron chi connectivity index (χ3n) is 10.9. The van der Waals surface area contributed by atoms with Gasteiger partial charge in [-0.1, -0.05) is 25.3 Å². The van der Waals surface area contributed by atoms with Gasteiger partial charge in [0.1, 0.15) is 23.1 Å². The van der Waals surface area contributed by atoms with Crippen LogP contribution in [0.2, 0.25) is 0 Å². The van der Waals surface area contributed by atoms with Crippen LogP contribution in [0.5, 0.6) is 0 Å². The fourth-order valence-corrected chi connectivity index (χ4v) is 8.89. The van der Waals surface area contributed by atoms with Crippen LogP contribution in [-0.4, -0.2) is 89.4 Å². The summed E-state index contributed by atoms with van der Waals surface area (Å²) in [7, 11) is 0. The summed E-state index contributed by atoms with van der Waals surface area (Å²) in [6, 6.07) is 11.2. The Morgan fingerprint density at radius 3 is 2.47 bits per heavy atom. The van der Waals surface area contributed by atoms with Gasteiger partial charge in [0.25, 0.3) is 0 Å². The monoisotopic (exact) mass is 659 g/mol. The van der Waals surface area contributed by atoms with E-state index in [1.54, 1.807) is 24.1 Å². The minimum absolute atomic E-state index is 0.113. The largest absolute Gasteiger partial charge is 0.369 e. The molecule has 8 rings (SSSR count). The Bertz CT molecular complexity index is 1760. The maximum atomic E-state index is 15.6. The minimum atomic E-state index is -0.256. The van der Waals surface area contributed by atoms with Crippen molar-refractivity contribution in [1.82, 2.24) is 24.8 Å². The number of benzene rings is 2. The number of halogens is 2. The summed E-state index contributed by atoms with van der Waals surface area (Å²) in [5.41, 5.74) is 4.28. The quantitative estimate of drug-likeness (QED) is 0.176. The minimum Gasteiger partial charge on any atom is -0.369 e. The van der Waals surface area contributed by atoms with Crippen LogP contribution in [0.4, 0.5) is 43.3 Å². The number of piperidine rings is 1. The van der Waals surface area contributed by atoms with Gasteiger partial charge in [-0.3, -0.25) is 4.90 Å². The molecule has 2 aromatic carbocycles. The molecule has 2 saturated heterocycles. The lowest BCUT2D eigenvalue weighted by Gasteiger charge is -2.43. The number of rotatable bonds is 8. The lowest BCUT2D eigenvalue weighted by atomic mass is 9.65. The summed E-state index contributed by atoms with van der Waals surface area (Å²) >= 11 is 1.62. The summed E-state index contributed by atoms with van der Waals surface area (Å²) in [4.78, 5) is 20.0. The molecule has 2 aromatic heterocycles. The van der Waals surface area contributed by atoms with Crippen molar-refractivity contribution in [2.24, 2.45) is 0 Å². The Hall–Kier alpha value is -3.61. The van der Waals surface area contributed by atoms with E-state index in [9.17, 15) is 0 Å². The van der Waals surface area contributed by atoms with Crippen LogP contribution in [0.3, 0.4) is 0 Å². The van der Waals surface area contributed by atoms with Gasteiger partial charge in [-0.2, -0.15) is 9.97 Å². The van der Waals surface area contributed by atoms with Crippen LogP contribution >= 0.6 is 11.9 Å². The fourth-order valence-electron chi connectivity index (χ4n) is 8.14. The van der Waals surface area contributed by atoms with E-state index in [4.69, 9.17) is 4.98 Å². The number of aromatic amines is 1. The summed E-state index contributed by atoms with van der Waals surface area (Å²) < 4.78 is 33.1. The number of piperazine rings is 1. The van der Waals surface area contributed by atoms with E-state index >= 15 is 8.78 Å². The van der Waals surface area contributed by atoms with E-state index in [0.717, 1.165) is 107 Å². The first kappa shape index (κ1) is 30.7. The van der Waals surface area contributed by atoms with Gasteiger partial charge in [0.2, 0.25) is 5.95 Å². The molecule has 3 aliphatic heterocycles. The zero-order chi connectivity index (χ0) is 32.1. The van der Waals surface area contributed by atoms with Crippen molar-refractivity contribution in [1.29, 1.82) is 0 Å². The Balaban J connectivity index is 0.992. The highest BCUT2D eigenvalue weighted by Crippen LogP contribution is 2.57. The molecule has 1 aliphatic carbocycles. The molecule has 4 aliphatic rings. The molecule has 5 heterocycles. The lowest BCUT2D eigenvalue weighted by Crippen LogP contribution is -2.53. The highest BCUT2D eigenvalue weighted by molar-refractivity contribution is 8.00. The SMILES string of the molecule is CCN1CCN(C2CCN(c3ccc(Nc4nc(Nc5ccc(F)c6c5N(SC)CC65CCC5)c5cc[nH]c5n4)cc3F)CC2)CC1. The van der Waals surface area contributed by atoms with Gasteiger partial charge >= 0.3 is 0 Å². The zero-order valence-corrected chi connectivity index (χ0v) is 28.0. The van der Waals surface area contributed by atoms with E-state index < -0.39 is 0 Å². The third kappa shape index (κ3) is 5.57. The average Bonchev–Trinajstić information content (AvgIpc) is 3.70.